The number of hydrogen-bond donors (Lipinski definition) is 1. The van der Waals surface area contributed by atoms with Crippen molar-refractivity contribution >= 4 is 21.6 Å². The summed E-state index contributed by atoms with van der Waals surface area (Å²) in [5.74, 6) is 0. The van der Waals surface area contributed by atoms with Crippen LogP contribution in [0.15, 0.2) is 16.6 Å². The second-order valence-electron chi connectivity index (χ2n) is 2.63. The molecule has 0 atom stereocenters. The molecule has 0 saturated heterocycles. The van der Waals surface area contributed by atoms with Gasteiger partial charge in [-0.15, -0.1) is 0 Å². The van der Waals surface area contributed by atoms with Crippen molar-refractivity contribution in [3.63, 3.8) is 0 Å². The molecule has 13 heavy (non-hydrogen) atoms. The fraction of sp³-hybridized carbons (Fsp3) is 0.250. The van der Waals surface area contributed by atoms with Gasteiger partial charge in [0, 0.05) is 10.2 Å². The number of halogens is 4. The molecule has 0 amide bonds. The molecule has 0 aliphatic carbocycles. The lowest BCUT2D eigenvalue weighted by Crippen LogP contribution is -2.11. The van der Waals surface area contributed by atoms with Crippen LogP contribution in [0.25, 0.3) is 0 Å². The van der Waals surface area contributed by atoms with E-state index in [1.54, 1.807) is 0 Å². The molecule has 0 spiro atoms. The first-order valence-corrected chi connectivity index (χ1v) is 4.25. The molecule has 0 saturated carbocycles. The molecule has 0 heterocycles. The summed E-state index contributed by atoms with van der Waals surface area (Å²) in [4.78, 5) is 0. The standard InChI is InChI=1S/C8H7BrF3N/c1-4-5(9)2-3-6(13)7(4)8(10,11)12/h2-3H,13H2,1H3. The fourth-order valence-electron chi connectivity index (χ4n) is 1.08. The van der Waals surface area contributed by atoms with Crippen molar-refractivity contribution in [1.82, 2.24) is 0 Å². The van der Waals surface area contributed by atoms with E-state index in [2.05, 4.69) is 15.9 Å². The predicted molar refractivity (Wildman–Crippen MR) is 48.3 cm³/mol. The van der Waals surface area contributed by atoms with Crippen molar-refractivity contribution in [3.8, 4) is 0 Å². The Hall–Kier alpha value is -0.710. The molecule has 0 bridgehead atoms. The van der Waals surface area contributed by atoms with Gasteiger partial charge >= 0.3 is 6.18 Å². The maximum atomic E-state index is 12.4. The van der Waals surface area contributed by atoms with Gasteiger partial charge in [0.15, 0.2) is 0 Å². The Morgan fingerprint density at radius 1 is 1.31 bits per heavy atom. The molecule has 0 aromatic heterocycles. The molecule has 1 nitrogen and oxygen atoms in total. The van der Waals surface area contributed by atoms with Crippen molar-refractivity contribution in [2.24, 2.45) is 0 Å². The second kappa shape index (κ2) is 3.21. The van der Waals surface area contributed by atoms with E-state index in [-0.39, 0.29) is 11.3 Å². The van der Waals surface area contributed by atoms with E-state index in [1.807, 2.05) is 0 Å². The summed E-state index contributed by atoms with van der Waals surface area (Å²) in [6.45, 7) is 1.38. The quantitative estimate of drug-likeness (QED) is 0.706. The van der Waals surface area contributed by atoms with Gasteiger partial charge in [-0.2, -0.15) is 13.2 Å². The lowest BCUT2D eigenvalue weighted by atomic mass is 10.1. The predicted octanol–water partition coefficient (Wildman–Crippen LogP) is 3.36. The Morgan fingerprint density at radius 2 is 1.85 bits per heavy atom. The average Bonchev–Trinajstić information content (AvgIpc) is 1.95. The Kier molecular flexibility index (Phi) is 2.56. The first-order chi connectivity index (χ1) is 5.84. The Morgan fingerprint density at radius 3 is 2.23 bits per heavy atom. The van der Waals surface area contributed by atoms with Gasteiger partial charge in [0.05, 0.1) is 5.56 Å². The molecular formula is C8H7BrF3N. The smallest absolute Gasteiger partial charge is 0.398 e. The molecule has 2 N–H and O–H groups in total. The van der Waals surface area contributed by atoms with Crippen molar-refractivity contribution in [1.29, 1.82) is 0 Å². The summed E-state index contributed by atoms with van der Waals surface area (Å²) in [6.07, 6.45) is -4.39. The highest BCUT2D eigenvalue weighted by atomic mass is 79.9. The number of anilines is 1. The van der Waals surface area contributed by atoms with Gasteiger partial charge in [-0.3, -0.25) is 0 Å². The zero-order valence-electron chi connectivity index (χ0n) is 6.74. The van der Waals surface area contributed by atoms with Gasteiger partial charge in [-0.05, 0) is 24.6 Å². The molecule has 5 heteroatoms. The highest BCUT2D eigenvalue weighted by molar-refractivity contribution is 9.10. The summed E-state index contributed by atoms with van der Waals surface area (Å²) < 4.78 is 37.6. The molecule has 0 unspecified atom stereocenters. The van der Waals surface area contributed by atoms with Crippen LogP contribution >= 0.6 is 15.9 Å². The van der Waals surface area contributed by atoms with Crippen molar-refractivity contribution < 1.29 is 13.2 Å². The van der Waals surface area contributed by atoms with Gasteiger partial charge in [0.2, 0.25) is 0 Å². The van der Waals surface area contributed by atoms with Crippen LogP contribution in [0.4, 0.5) is 18.9 Å². The molecule has 0 aliphatic rings. The minimum Gasteiger partial charge on any atom is -0.398 e. The normalized spacial score (nSPS) is 11.8. The summed E-state index contributed by atoms with van der Waals surface area (Å²) >= 11 is 3.02. The first kappa shape index (κ1) is 10.4. The van der Waals surface area contributed by atoms with E-state index >= 15 is 0 Å². The minimum atomic E-state index is -4.39. The van der Waals surface area contributed by atoms with E-state index in [0.717, 1.165) is 0 Å². The van der Waals surface area contributed by atoms with Crippen LogP contribution in [0.2, 0.25) is 0 Å². The third-order valence-electron chi connectivity index (χ3n) is 1.71. The SMILES string of the molecule is Cc1c(Br)ccc(N)c1C(F)(F)F. The van der Waals surface area contributed by atoms with E-state index in [9.17, 15) is 13.2 Å². The first-order valence-electron chi connectivity index (χ1n) is 3.46. The van der Waals surface area contributed by atoms with Crippen LogP contribution in [0.3, 0.4) is 0 Å². The van der Waals surface area contributed by atoms with E-state index < -0.39 is 11.7 Å². The molecular weight excluding hydrogens is 247 g/mol. The van der Waals surface area contributed by atoms with Crippen LogP contribution < -0.4 is 5.73 Å². The van der Waals surface area contributed by atoms with Crippen LogP contribution in [-0.2, 0) is 6.18 Å². The van der Waals surface area contributed by atoms with Crippen molar-refractivity contribution in [3.05, 3.63) is 27.7 Å². The summed E-state index contributed by atoms with van der Waals surface area (Å²) in [6, 6.07) is 2.74. The number of benzene rings is 1. The van der Waals surface area contributed by atoms with Crippen molar-refractivity contribution in [2.45, 2.75) is 13.1 Å². The molecule has 1 aromatic rings. The molecule has 0 aliphatic heterocycles. The van der Waals surface area contributed by atoms with Crippen LogP contribution in [0.5, 0.6) is 0 Å². The largest absolute Gasteiger partial charge is 0.418 e. The zero-order valence-corrected chi connectivity index (χ0v) is 8.33. The highest BCUT2D eigenvalue weighted by Crippen LogP contribution is 2.38. The molecule has 0 fully saturated rings. The number of rotatable bonds is 0. The molecule has 72 valence electrons. The summed E-state index contributed by atoms with van der Waals surface area (Å²) in [5, 5.41) is 0. The molecule has 0 radical (unpaired) electrons. The topological polar surface area (TPSA) is 26.0 Å². The Balaban J connectivity index is 3.43. The third-order valence-corrected chi connectivity index (χ3v) is 2.57. The number of nitrogens with two attached hydrogens (primary N) is 1. The number of alkyl halides is 3. The minimum absolute atomic E-state index is 0.118. The molecule has 1 rings (SSSR count). The van der Waals surface area contributed by atoms with E-state index in [4.69, 9.17) is 5.73 Å². The third kappa shape index (κ3) is 1.96. The maximum Gasteiger partial charge on any atom is 0.418 e. The second-order valence-corrected chi connectivity index (χ2v) is 3.49. The maximum absolute atomic E-state index is 12.4. The van der Waals surface area contributed by atoms with E-state index in [0.29, 0.717) is 4.47 Å². The van der Waals surface area contributed by atoms with Gasteiger partial charge < -0.3 is 5.73 Å². The van der Waals surface area contributed by atoms with Gasteiger partial charge in [-0.1, -0.05) is 15.9 Å². The molecule has 1 aromatic carbocycles. The lowest BCUT2D eigenvalue weighted by Gasteiger charge is -2.13. The van der Waals surface area contributed by atoms with Gasteiger partial charge in [0.1, 0.15) is 0 Å². The number of hydrogen-bond acceptors (Lipinski definition) is 1. The van der Waals surface area contributed by atoms with E-state index in [1.165, 1.54) is 19.1 Å². The Labute approximate surface area is 81.9 Å². The number of nitrogen functional groups attached to an aromatic ring is 1. The van der Waals surface area contributed by atoms with Crippen LogP contribution in [0, 0.1) is 6.92 Å². The summed E-state index contributed by atoms with van der Waals surface area (Å²) in [7, 11) is 0. The van der Waals surface area contributed by atoms with Crippen LogP contribution in [0.1, 0.15) is 11.1 Å². The average molecular weight is 254 g/mol. The highest BCUT2D eigenvalue weighted by Gasteiger charge is 2.35. The van der Waals surface area contributed by atoms with Crippen molar-refractivity contribution in [2.75, 3.05) is 5.73 Å². The summed E-state index contributed by atoms with van der Waals surface area (Å²) in [5.41, 5.74) is 4.35. The van der Waals surface area contributed by atoms with Crippen LogP contribution in [-0.4, -0.2) is 0 Å². The lowest BCUT2D eigenvalue weighted by molar-refractivity contribution is -0.137. The fourth-order valence-corrected chi connectivity index (χ4v) is 1.41. The van der Waals surface area contributed by atoms with Gasteiger partial charge in [-0.25, -0.2) is 0 Å². The zero-order chi connectivity index (χ0) is 10.2. The monoisotopic (exact) mass is 253 g/mol. The Bertz CT molecular complexity index is 333. The van der Waals surface area contributed by atoms with Gasteiger partial charge in [0.25, 0.3) is 0 Å².